The number of carbonyl (C=O) groups excluding carboxylic acids is 1. The Kier molecular flexibility index (Phi) is 3.44. The fraction of sp³-hybridized carbons (Fsp3) is 0.917. The van der Waals surface area contributed by atoms with Gasteiger partial charge in [0.25, 0.3) is 0 Å². The number of hydrogen-bond acceptors (Lipinski definition) is 2. The molecule has 2 atom stereocenters. The van der Waals surface area contributed by atoms with E-state index >= 15 is 0 Å². The maximum absolute atomic E-state index is 12.0. The van der Waals surface area contributed by atoms with E-state index in [0.29, 0.717) is 5.92 Å². The molecular weight excluding hydrogens is 188 g/mol. The van der Waals surface area contributed by atoms with E-state index in [0.717, 1.165) is 19.3 Å². The molecule has 0 aromatic carbocycles. The summed E-state index contributed by atoms with van der Waals surface area (Å²) < 4.78 is 0. The number of nitrogens with two attached hydrogens (primary N) is 1. The van der Waals surface area contributed by atoms with Crippen LogP contribution in [0.2, 0.25) is 0 Å². The minimum atomic E-state index is -0.634. The highest BCUT2D eigenvalue weighted by molar-refractivity contribution is 5.86. The molecule has 0 bridgehead atoms. The van der Waals surface area contributed by atoms with Gasteiger partial charge in [-0.15, -0.1) is 0 Å². The van der Waals surface area contributed by atoms with Crippen LogP contribution < -0.4 is 11.1 Å². The van der Waals surface area contributed by atoms with Crippen molar-refractivity contribution >= 4 is 5.91 Å². The Bertz CT molecular complexity index is 244. The molecule has 1 fully saturated rings. The molecule has 0 aromatic heterocycles. The maximum atomic E-state index is 12.0. The normalized spacial score (nSPS) is 32.5. The molecule has 3 N–H and O–H groups in total. The molecule has 2 unspecified atom stereocenters. The molecule has 0 saturated heterocycles. The Balaban J connectivity index is 2.64. The van der Waals surface area contributed by atoms with Crippen LogP contribution in [0.25, 0.3) is 0 Å². The third kappa shape index (κ3) is 3.49. The van der Waals surface area contributed by atoms with E-state index in [1.54, 1.807) is 0 Å². The average molecular weight is 212 g/mol. The standard InChI is InChI=1S/C12H24N2O/c1-9-6-5-7-12(13,8-9)10(15)14-11(2,3)4/h9H,5-8,13H2,1-4H3,(H,14,15). The number of carbonyl (C=O) groups is 1. The zero-order valence-electron chi connectivity index (χ0n) is 10.4. The Hall–Kier alpha value is -0.570. The summed E-state index contributed by atoms with van der Waals surface area (Å²) in [5.41, 5.74) is 5.36. The molecule has 1 aliphatic rings. The van der Waals surface area contributed by atoms with E-state index in [-0.39, 0.29) is 11.4 Å². The van der Waals surface area contributed by atoms with Crippen LogP contribution in [0.5, 0.6) is 0 Å². The van der Waals surface area contributed by atoms with E-state index < -0.39 is 5.54 Å². The van der Waals surface area contributed by atoms with Crippen molar-refractivity contribution in [3.8, 4) is 0 Å². The van der Waals surface area contributed by atoms with Gasteiger partial charge < -0.3 is 11.1 Å². The van der Waals surface area contributed by atoms with Crippen molar-refractivity contribution in [3.63, 3.8) is 0 Å². The fourth-order valence-electron chi connectivity index (χ4n) is 2.26. The lowest BCUT2D eigenvalue weighted by atomic mass is 9.76. The van der Waals surface area contributed by atoms with Gasteiger partial charge in [-0.2, -0.15) is 0 Å². The average Bonchev–Trinajstić information content (AvgIpc) is 2.00. The minimum absolute atomic E-state index is 0.0153. The van der Waals surface area contributed by atoms with E-state index in [1.165, 1.54) is 6.42 Å². The minimum Gasteiger partial charge on any atom is -0.350 e. The van der Waals surface area contributed by atoms with Crippen molar-refractivity contribution in [3.05, 3.63) is 0 Å². The van der Waals surface area contributed by atoms with Gasteiger partial charge in [0, 0.05) is 5.54 Å². The predicted octanol–water partition coefficient (Wildman–Crippen LogP) is 1.81. The van der Waals surface area contributed by atoms with Gasteiger partial charge in [0.1, 0.15) is 0 Å². The van der Waals surface area contributed by atoms with Gasteiger partial charge in [0.2, 0.25) is 5.91 Å². The fourth-order valence-corrected chi connectivity index (χ4v) is 2.26. The number of hydrogen-bond donors (Lipinski definition) is 2. The molecule has 3 heteroatoms. The first-order chi connectivity index (χ1) is 6.73. The SMILES string of the molecule is CC1CCCC(N)(C(=O)NC(C)(C)C)C1. The van der Waals surface area contributed by atoms with Gasteiger partial charge in [-0.25, -0.2) is 0 Å². The maximum Gasteiger partial charge on any atom is 0.240 e. The third-order valence-corrected chi connectivity index (χ3v) is 2.97. The summed E-state index contributed by atoms with van der Waals surface area (Å²) in [6.07, 6.45) is 3.89. The lowest BCUT2D eigenvalue weighted by Crippen LogP contribution is -2.59. The van der Waals surface area contributed by atoms with Gasteiger partial charge >= 0.3 is 0 Å². The summed E-state index contributed by atoms with van der Waals surface area (Å²) in [5.74, 6) is 0.580. The predicted molar refractivity (Wildman–Crippen MR) is 62.4 cm³/mol. The number of rotatable bonds is 1. The summed E-state index contributed by atoms with van der Waals surface area (Å²) in [4.78, 5) is 12.0. The van der Waals surface area contributed by atoms with Crippen molar-refractivity contribution in [2.24, 2.45) is 11.7 Å². The molecule has 0 radical (unpaired) electrons. The quantitative estimate of drug-likeness (QED) is 0.696. The second-order valence-electron chi connectivity index (χ2n) is 6.06. The highest BCUT2D eigenvalue weighted by atomic mass is 16.2. The zero-order chi connectivity index (χ0) is 11.7. The van der Waals surface area contributed by atoms with Gasteiger partial charge in [0.05, 0.1) is 5.54 Å². The van der Waals surface area contributed by atoms with Gasteiger partial charge in [-0.05, 0) is 39.5 Å². The molecule has 3 nitrogen and oxygen atoms in total. The molecule has 1 aliphatic carbocycles. The second-order valence-corrected chi connectivity index (χ2v) is 6.06. The van der Waals surface area contributed by atoms with Crippen LogP contribution in [0.15, 0.2) is 0 Å². The topological polar surface area (TPSA) is 55.1 Å². The summed E-state index contributed by atoms with van der Waals surface area (Å²) in [6.45, 7) is 8.13. The van der Waals surface area contributed by atoms with Gasteiger partial charge in [-0.1, -0.05) is 19.8 Å². The van der Waals surface area contributed by atoms with Crippen LogP contribution in [-0.4, -0.2) is 17.0 Å². The third-order valence-electron chi connectivity index (χ3n) is 2.97. The molecule has 0 spiro atoms. The first-order valence-corrected chi connectivity index (χ1v) is 5.84. The molecule has 0 aliphatic heterocycles. The van der Waals surface area contributed by atoms with Crippen LogP contribution in [-0.2, 0) is 4.79 Å². The van der Waals surface area contributed by atoms with Gasteiger partial charge in [0.15, 0.2) is 0 Å². The largest absolute Gasteiger partial charge is 0.350 e. The van der Waals surface area contributed by atoms with Crippen LogP contribution in [0.3, 0.4) is 0 Å². The molecule has 15 heavy (non-hydrogen) atoms. The Morgan fingerprint density at radius 3 is 2.53 bits per heavy atom. The zero-order valence-corrected chi connectivity index (χ0v) is 10.4. The van der Waals surface area contributed by atoms with Crippen LogP contribution in [0, 0.1) is 5.92 Å². The number of amides is 1. The molecular formula is C12H24N2O. The van der Waals surface area contributed by atoms with Crippen LogP contribution in [0.4, 0.5) is 0 Å². The highest BCUT2D eigenvalue weighted by Gasteiger charge is 2.39. The van der Waals surface area contributed by atoms with E-state index in [1.807, 2.05) is 20.8 Å². The summed E-state index contributed by atoms with van der Waals surface area (Å²) in [5, 5.41) is 2.99. The molecule has 1 amide bonds. The first kappa shape index (κ1) is 12.5. The molecule has 0 heterocycles. The van der Waals surface area contributed by atoms with Crippen LogP contribution >= 0.6 is 0 Å². The smallest absolute Gasteiger partial charge is 0.240 e. The number of nitrogens with one attached hydrogen (secondary N) is 1. The highest BCUT2D eigenvalue weighted by Crippen LogP contribution is 2.30. The lowest BCUT2D eigenvalue weighted by Gasteiger charge is -2.37. The van der Waals surface area contributed by atoms with Crippen molar-refractivity contribution < 1.29 is 4.79 Å². The van der Waals surface area contributed by atoms with E-state index in [2.05, 4.69) is 12.2 Å². The van der Waals surface area contributed by atoms with E-state index in [4.69, 9.17) is 5.73 Å². The van der Waals surface area contributed by atoms with Crippen molar-refractivity contribution in [1.82, 2.24) is 5.32 Å². The summed E-state index contributed by atoms with van der Waals surface area (Å²) in [7, 11) is 0. The summed E-state index contributed by atoms with van der Waals surface area (Å²) in [6, 6.07) is 0. The van der Waals surface area contributed by atoms with Crippen molar-refractivity contribution in [1.29, 1.82) is 0 Å². The van der Waals surface area contributed by atoms with Gasteiger partial charge in [-0.3, -0.25) is 4.79 Å². The van der Waals surface area contributed by atoms with Crippen molar-refractivity contribution in [2.75, 3.05) is 0 Å². The van der Waals surface area contributed by atoms with Crippen LogP contribution in [0.1, 0.15) is 53.4 Å². The van der Waals surface area contributed by atoms with Crippen molar-refractivity contribution in [2.45, 2.75) is 64.5 Å². The second kappa shape index (κ2) is 4.12. The van der Waals surface area contributed by atoms with E-state index in [9.17, 15) is 4.79 Å². The molecule has 1 saturated carbocycles. The molecule has 88 valence electrons. The first-order valence-electron chi connectivity index (χ1n) is 5.84. The Labute approximate surface area is 92.8 Å². The Morgan fingerprint density at radius 1 is 1.47 bits per heavy atom. The Morgan fingerprint density at radius 2 is 2.07 bits per heavy atom. The summed E-state index contributed by atoms with van der Waals surface area (Å²) >= 11 is 0. The molecule has 0 aromatic rings. The lowest BCUT2D eigenvalue weighted by molar-refractivity contribution is -0.129. The molecule has 1 rings (SSSR count). The monoisotopic (exact) mass is 212 g/mol.